The van der Waals surface area contributed by atoms with E-state index in [9.17, 15) is 9.59 Å². The van der Waals surface area contributed by atoms with Gasteiger partial charge in [0.15, 0.2) is 0 Å². The third-order valence-electron chi connectivity index (χ3n) is 2.44. The normalized spacial score (nSPS) is 17.9. The van der Waals surface area contributed by atoms with Crippen molar-refractivity contribution < 1.29 is 33.5 Å². The summed E-state index contributed by atoms with van der Waals surface area (Å²) in [5.74, 6) is 0. The molecule has 0 aromatic carbocycles. The highest BCUT2D eigenvalue weighted by molar-refractivity contribution is 5.60. The Labute approximate surface area is 136 Å². The van der Waals surface area contributed by atoms with Gasteiger partial charge < -0.3 is 23.9 Å². The van der Waals surface area contributed by atoms with E-state index in [0.717, 1.165) is 10.3 Å². The second kappa shape index (κ2) is 7.33. The van der Waals surface area contributed by atoms with Crippen molar-refractivity contribution >= 4 is 12.3 Å². The summed E-state index contributed by atoms with van der Waals surface area (Å²) in [5, 5.41) is 2.12. The number of methoxy groups -OCH3 is 1. The fourth-order valence-corrected chi connectivity index (χ4v) is 1.61. The Morgan fingerprint density at radius 3 is 1.43 bits per heavy atom. The molecule has 0 unspecified atom stereocenters. The third kappa shape index (κ3) is 7.49. The Morgan fingerprint density at radius 2 is 1.17 bits per heavy atom. The van der Waals surface area contributed by atoms with Crippen molar-refractivity contribution in [1.29, 1.82) is 0 Å². The Bertz CT molecular complexity index is 390. The van der Waals surface area contributed by atoms with Crippen molar-refractivity contribution in [3.8, 4) is 0 Å². The maximum atomic E-state index is 11.7. The molecule has 9 nitrogen and oxygen atoms in total. The zero-order valence-corrected chi connectivity index (χ0v) is 14.7. The van der Waals surface area contributed by atoms with Gasteiger partial charge >= 0.3 is 12.3 Å². The molecule has 1 heterocycles. The van der Waals surface area contributed by atoms with Crippen molar-refractivity contribution in [3.63, 3.8) is 0 Å². The Hall–Kier alpha value is -1.58. The van der Waals surface area contributed by atoms with Crippen LogP contribution in [0.1, 0.15) is 41.5 Å². The first-order valence-corrected chi connectivity index (χ1v) is 7.29. The first-order chi connectivity index (χ1) is 10.4. The van der Waals surface area contributed by atoms with E-state index in [0.29, 0.717) is 0 Å². The largest absolute Gasteiger partial charge is 0.529 e. The SMILES string of the molecule is COC1CN(OC(=O)OC(C)(C)C)N(OC(=O)OC(C)(C)C)C1. The molecule has 1 aliphatic heterocycles. The number of hydroxylamine groups is 2. The van der Waals surface area contributed by atoms with Gasteiger partial charge in [-0.05, 0) is 51.9 Å². The van der Waals surface area contributed by atoms with Gasteiger partial charge in [-0.3, -0.25) is 0 Å². The van der Waals surface area contributed by atoms with E-state index >= 15 is 0 Å². The molecule has 1 rings (SSSR count). The zero-order chi connectivity index (χ0) is 17.8. The lowest BCUT2D eigenvalue weighted by Crippen LogP contribution is -2.42. The van der Waals surface area contributed by atoms with Crippen LogP contribution in [0.2, 0.25) is 0 Å². The zero-order valence-electron chi connectivity index (χ0n) is 14.7. The number of carbonyl (C=O) groups excluding carboxylic acids is 2. The van der Waals surface area contributed by atoms with E-state index in [1.807, 2.05) is 0 Å². The van der Waals surface area contributed by atoms with Gasteiger partial charge in [-0.25, -0.2) is 9.59 Å². The smallest absolute Gasteiger partial charge is 0.427 e. The van der Waals surface area contributed by atoms with E-state index < -0.39 is 23.5 Å². The highest BCUT2D eigenvalue weighted by Crippen LogP contribution is 2.18. The molecule has 1 saturated heterocycles. The molecular formula is C14H26N2O7. The Kier molecular flexibility index (Phi) is 6.20. The first kappa shape index (κ1) is 19.5. The number of rotatable bonds is 3. The van der Waals surface area contributed by atoms with Crippen LogP contribution < -0.4 is 0 Å². The average molecular weight is 334 g/mol. The lowest BCUT2D eigenvalue weighted by Gasteiger charge is -2.26. The molecule has 0 aromatic rings. The standard InChI is InChI=1S/C14H26N2O7/c1-13(2,3)20-11(17)22-15-8-10(19-7)9-16(15)23-12(18)21-14(4,5)6/h10H,8-9H2,1-7H3. The predicted octanol–water partition coefficient (Wildman–Crippen LogP) is 2.27. The summed E-state index contributed by atoms with van der Waals surface area (Å²) >= 11 is 0. The predicted molar refractivity (Wildman–Crippen MR) is 78.8 cm³/mol. The summed E-state index contributed by atoms with van der Waals surface area (Å²) in [6, 6.07) is 0. The number of carbonyl (C=O) groups is 2. The van der Waals surface area contributed by atoms with Crippen LogP contribution in [0, 0.1) is 0 Å². The van der Waals surface area contributed by atoms with Gasteiger partial charge in [0, 0.05) is 7.11 Å². The number of hydrogen-bond donors (Lipinski definition) is 0. The van der Waals surface area contributed by atoms with Gasteiger partial charge in [-0.2, -0.15) is 0 Å². The van der Waals surface area contributed by atoms with Crippen molar-refractivity contribution in [2.75, 3.05) is 20.2 Å². The maximum absolute atomic E-state index is 11.7. The molecule has 9 heteroatoms. The third-order valence-corrected chi connectivity index (χ3v) is 2.44. The molecule has 1 fully saturated rings. The van der Waals surface area contributed by atoms with Crippen LogP contribution in [0.4, 0.5) is 9.59 Å². The van der Waals surface area contributed by atoms with Gasteiger partial charge in [0.05, 0.1) is 19.2 Å². The van der Waals surface area contributed by atoms with Crippen molar-refractivity contribution in [1.82, 2.24) is 10.3 Å². The molecule has 0 bridgehead atoms. The Balaban J connectivity index is 2.64. The second-order valence-corrected chi connectivity index (χ2v) is 7.04. The van der Waals surface area contributed by atoms with Crippen LogP contribution in [-0.2, 0) is 23.9 Å². The molecular weight excluding hydrogens is 308 g/mol. The van der Waals surface area contributed by atoms with Crippen molar-refractivity contribution in [2.45, 2.75) is 58.8 Å². The number of nitrogens with zero attached hydrogens (tertiary/aromatic N) is 2. The minimum atomic E-state index is -0.910. The second-order valence-electron chi connectivity index (χ2n) is 7.04. The van der Waals surface area contributed by atoms with Gasteiger partial charge in [0.1, 0.15) is 11.2 Å². The number of hydrogen-bond acceptors (Lipinski definition) is 9. The molecule has 0 aromatic heterocycles. The molecule has 0 N–H and O–H groups in total. The van der Waals surface area contributed by atoms with E-state index in [2.05, 4.69) is 0 Å². The number of ether oxygens (including phenoxy) is 3. The van der Waals surface area contributed by atoms with E-state index in [4.69, 9.17) is 23.9 Å². The molecule has 0 atom stereocenters. The molecule has 0 saturated carbocycles. The lowest BCUT2D eigenvalue weighted by molar-refractivity contribution is -0.347. The number of hydrazine groups is 1. The monoisotopic (exact) mass is 334 g/mol. The highest BCUT2D eigenvalue weighted by Gasteiger charge is 2.38. The quantitative estimate of drug-likeness (QED) is 0.721. The van der Waals surface area contributed by atoms with Gasteiger partial charge in [-0.15, -0.1) is 0 Å². The van der Waals surface area contributed by atoms with Crippen LogP contribution in [0.15, 0.2) is 0 Å². The summed E-state index contributed by atoms with van der Waals surface area (Å²) in [4.78, 5) is 33.6. The minimum Gasteiger partial charge on any atom is -0.427 e. The average Bonchev–Trinajstić information content (AvgIpc) is 2.66. The summed E-state index contributed by atoms with van der Waals surface area (Å²) in [5.41, 5.74) is -1.40. The van der Waals surface area contributed by atoms with Crippen LogP contribution >= 0.6 is 0 Å². The molecule has 134 valence electrons. The summed E-state index contributed by atoms with van der Waals surface area (Å²) in [6.07, 6.45) is -2.13. The van der Waals surface area contributed by atoms with Gasteiger partial charge in [-0.1, -0.05) is 0 Å². The summed E-state index contributed by atoms with van der Waals surface area (Å²) in [7, 11) is 1.51. The molecule has 0 amide bonds. The summed E-state index contributed by atoms with van der Waals surface area (Å²) < 4.78 is 15.3. The van der Waals surface area contributed by atoms with Crippen molar-refractivity contribution in [3.05, 3.63) is 0 Å². The van der Waals surface area contributed by atoms with Crippen LogP contribution in [-0.4, -0.2) is 60.2 Å². The molecule has 0 spiro atoms. The Morgan fingerprint density at radius 1 is 0.826 bits per heavy atom. The molecule has 23 heavy (non-hydrogen) atoms. The van der Waals surface area contributed by atoms with E-state index in [1.165, 1.54) is 7.11 Å². The topological polar surface area (TPSA) is 86.8 Å². The fourth-order valence-electron chi connectivity index (χ4n) is 1.61. The molecule has 0 radical (unpaired) electrons. The molecule has 0 aliphatic carbocycles. The summed E-state index contributed by atoms with van der Waals surface area (Å²) in [6.45, 7) is 10.7. The van der Waals surface area contributed by atoms with Crippen molar-refractivity contribution in [2.24, 2.45) is 0 Å². The van der Waals surface area contributed by atoms with Crippen LogP contribution in [0.3, 0.4) is 0 Å². The first-order valence-electron chi connectivity index (χ1n) is 7.29. The maximum Gasteiger partial charge on any atom is 0.529 e. The fraction of sp³-hybridized carbons (Fsp3) is 0.857. The van der Waals surface area contributed by atoms with Crippen LogP contribution in [0.5, 0.6) is 0 Å². The van der Waals surface area contributed by atoms with E-state index in [1.54, 1.807) is 41.5 Å². The molecule has 1 aliphatic rings. The van der Waals surface area contributed by atoms with Gasteiger partial charge in [0.25, 0.3) is 0 Å². The van der Waals surface area contributed by atoms with Crippen LogP contribution in [0.25, 0.3) is 0 Å². The highest BCUT2D eigenvalue weighted by atomic mass is 16.9. The minimum absolute atomic E-state index is 0.193. The lowest BCUT2D eigenvalue weighted by atomic mass is 10.2. The van der Waals surface area contributed by atoms with E-state index in [-0.39, 0.29) is 19.2 Å². The van der Waals surface area contributed by atoms with Gasteiger partial charge in [0.2, 0.25) is 0 Å².